The highest BCUT2D eigenvalue weighted by atomic mass is 19.4. The second kappa shape index (κ2) is 11.9. The molecule has 6 nitrogen and oxygen atoms in total. The highest BCUT2D eigenvalue weighted by Gasteiger charge is 2.30. The third-order valence-electron chi connectivity index (χ3n) is 5.10. The Kier molecular flexibility index (Phi) is 9.32. The van der Waals surface area contributed by atoms with Crippen molar-refractivity contribution in [2.75, 3.05) is 20.8 Å². The molecule has 34 heavy (non-hydrogen) atoms. The van der Waals surface area contributed by atoms with Gasteiger partial charge in [0.05, 0.1) is 25.5 Å². The maximum absolute atomic E-state index is 13.4. The average Bonchev–Trinajstić information content (AvgIpc) is 2.84. The molecule has 0 fully saturated rings. The molecule has 2 aromatic carbocycles. The monoisotopic (exact) mass is 475 g/mol. The van der Waals surface area contributed by atoms with Crippen molar-refractivity contribution in [2.45, 2.75) is 18.6 Å². The van der Waals surface area contributed by atoms with Gasteiger partial charge in [-0.25, -0.2) is 0 Å². The first-order chi connectivity index (χ1) is 16.1. The molecule has 2 rings (SSSR count). The largest absolute Gasteiger partial charge is 0.497 e. The zero-order valence-electron chi connectivity index (χ0n) is 19.0. The van der Waals surface area contributed by atoms with E-state index in [1.807, 2.05) is 0 Å². The van der Waals surface area contributed by atoms with Crippen LogP contribution in [0.25, 0.3) is 0 Å². The van der Waals surface area contributed by atoms with Gasteiger partial charge in [0.15, 0.2) is 0 Å². The lowest BCUT2D eigenvalue weighted by Crippen LogP contribution is -2.39. The number of hydrogen-bond donors (Lipinski definition) is 2. The van der Waals surface area contributed by atoms with Gasteiger partial charge in [0, 0.05) is 18.3 Å². The maximum Gasteiger partial charge on any atom is 0.416 e. The van der Waals surface area contributed by atoms with E-state index in [0.717, 1.165) is 12.1 Å². The number of halogens is 3. The normalized spacial score (nSPS) is 12.9. The molecule has 1 unspecified atom stereocenters. The van der Waals surface area contributed by atoms with Crippen LogP contribution in [0.3, 0.4) is 0 Å². The van der Waals surface area contributed by atoms with Crippen molar-refractivity contribution in [2.24, 2.45) is 11.5 Å². The average molecular weight is 476 g/mol. The Morgan fingerprint density at radius 1 is 1.12 bits per heavy atom. The molecule has 182 valence electrons. The number of carbonyl (C=O) groups excluding carboxylic acids is 1. The number of nitrogens with zero attached hydrogens (tertiary/aromatic N) is 1. The second-order valence-electron chi connectivity index (χ2n) is 7.25. The van der Waals surface area contributed by atoms with Gasteiger partial charge in [0.2, 0.25) is 5.91 Å². The Morgan fingerprint density at radius 3 is 2.32 bits per heavy atom. The molecule has 0 spiro atoms. The van der Waals surface area contributed by atoms with Crippen LogP contribution in [0, 0.1) is 0 Å². The van der Waals surface area contributed by atoms with E-state index in [1.54, 1.807) is 30.3 Å². The van der Waals surface area contributed by atoms with Gasteiger partial charge in [-0.15, -0.1) is 0 Å². The number of para-hydroxylation sites is 1. The van der Waals surface area contributed by atoms with Crippen molar-refractivity contribution in [3.05, 3.63) is 102 Å². The van der Waals surface area contributed by atoms with E-state index in [2.05, 4.69) is 6.58 Å². The number of allylic oxidation sites excluding steroid dienone is 2. The highest BCUT2D eigenvalue weighted by molar-refractivity contribution is 5.85. The Bertz CT molecular complexity index is 1050. The van der Waals surface area contributed by atoms with Crippen molar-refractivity contribution < 1.29 is 27.4 Å². The van der Waals surface area contributed by atoms with E-state index in [1.165, 1.54) is 43.5 Å². The van der Waals surface area contributed by atoms with Crippen LogP contribution in [-0.4, -0.2) is 31.6 Å². The molecular formula is C25H28F3N3O3. The molecule has 0 saturated carbocycles. The number of benzene rings is 2. The molecule has 0 aliphatic rings. The molecule has 4 N–H and O–H groups in total. The van der Waals surface area contributed by atoms with Gasteiger partial charge < -0.3 is 25.8 Å². The summed E-state index contributed by atoms with van der Waals surface area (Å²) >= 11 is 0. The van der Waals surface area contributed by atoms with E-state index >= 15 is 0 Å². The molecular weight excluding hydrogens is 447 g/mol. The van der Waals surface area contributed by atoms with Crippen LogP contribution in [-0.2, 0) is 22.1 Å². The Balaban J connectivity index is 2.34. The number of carbonyl (C=O) groups is 1. The predicted octanol–water partition coefficient (Wildman–Crippen LogP) is 4.30. The van der Waals surface area contributed by atoms with E-state index < -0.39 is 23.7 Å². The number of rotatable bonds is 10. The first-order valence-corrected chi connectivity index (χ1v) is 10.3. The van der Waals surface area contributed by atoms with Crippen LogP contribution in [0.15, 0.2) is 84.9 Å². The van der Waals surface area contributed by atoms with Gasteiger partial charge in [-0.1, -0.05) is 36.9 Å². The summed E-state index contributed by atoms with van der Waals surface area (Å²) in [7, 11) is 2.92. The molecule has 0 aliphatic heterocycles. The van der Waals surface area contributed by atoms with E-state index in [4.69, 9.17) is 20.9 Å². The van der Waals surface area contributed by atoms with Crippen LogP contribution >= 0.6 is 0 Å². The Morgan fingerprint density at radius 2 is 1.76 bits per heavy atom. The van der Waals surface area contributed by atoms with Crippen LogP contribution in [0.5, 0.6) is 5.75 Å². The fourth-order valence-corrected chi connectivity index (χ4v) is 3.17. The first-order valence-electron chi connectivity index (χ1n) is 10.3. The topological polar surface area (TPSA) is 90.8 Å². The van der Waals surface area contributed by atoms with Gasteiger partial charge in [-0.3, -0.25) is 4.79 Å². The maximum atomic E-state index is 13.4. The zero-order valence-corrected chi connectivity index (χ0v) is 19.0. The summed E-state index contributed by atoms with van der Waals surface area (Å²) < 4.78 is 48.9. The molecule has 1 amide bonds. The van der Waals surface area contributed by atoms with Crippen molar-refractivity contribution in [3.8, 4) is 5.75 Å². The van der Waals surface area contributed by atoms with Gasteiger partial charge in [0.25, 0.3) is 0 Å². The van der Waals surface area contributed by atoms with Crippen LogP contribution < -0.4 is 16.2 Å². The third-order valence-corrected chi connectivity index (χ3v) is 5.10. The van der Waals surface area contributed by atoms with E-state index in [9.17, 15) is 18.0 Å². The molecule has 9 heteroatoms. The summed E-state index contributed by atoms with van der Waals surface area (Å²) in [6, 6.07) is 10.6. The zero-order chi connectivity index (χ0) is 25.3. The molecule has 1 atom stereocenters. The lowest BCUT2D eigenvalue weighted by Gasteiger charge is -2.27. The quantitative estimate of drug-likeness (QED) is 0.395. The summed E-state index contributed by atoms with van der Waals surface area (Å²) in [6.45, 7) is 3.81. The van der Waals surface area contributed by atoms with Gasteiger partial charge in [-0.05, 0) is 42.3 Å². The highest BCUT2D eigenvalue weighted by Crippen LogP contribution is 2.29. The molecule has 0 aliphatic carbocycles. The van der Waals surface area contributed by atoms with Crippen molar-refractivity contribution in [1.29, 1.82) is 0 Å². The first kappa shape index (κ1) is 26.5. The Hall–Kier alpha value is -3.72. The third kappa shape index (κ3) is 6.89. The van der Waals surface area contributed by atoms with Crippen LogP contribution in [0.4, 0.5) is 13.2 Å². The molecule has 0 radical (unpaired) electrons. The summed E-state index contributed by atoms with van der Waals surface area (Å²) in [6.07, 6.45) is 0.154. The number of hydrogen-bond acceptors (Lipinski definition) is 5. The summed E-state index contributed by atoms with van der Waals surface area (Å²) in [5.41, 5.74) is 12.8. The lowest BCUT2D eigenvalue weighted by atomic mass is 10.0. The minimum absolute atomic E-state index is 0.111. The van der Waals surface area contributed by atoms with Crippen molar-refractivity contribution in [3.63, 3.8) is 0 Å². The van der Waals surface area contributed by atoms with E-state index in [-0.39, 0.29) is 13.0 Å². The number of amides is 1. The number of alkyl halides is 3. The summed E-state index contributed by atoms with van der Waals surface area (Å²) in [5, 5.41) is 0. The van der Waals surface area contributed by atoms with Gasteiger partial charge >= 0.3 is 6.18 Å². The van der Waals surface area contributed by atoms with Crippen molar-refractivity contribution >= 4 is 5.91 Å². The molecule has 0 bridgehead atoms. The minimum Gasteiger partial charge on any atom is -0.497 e. The fraction of sp³-hybridized carbons (Fsp3) is 0.240. The number of nitrogens with two attached hydrogens (primary N) is 2. The molecule has 0 heterocycles. The number of methoxy groups -OCH3 is 2. The standard InChI is InChI=1S/C25H28F3N3O3/c1-17(33-2)8-13-20(16-29)31(15-14-18-9-11-19(12-10-18)25(26,27)28)24(32)23(30)21-6-4-5-7-22(21)34-3/h4-13,16,23H,1,14-15,29-30H2,2-3H3/b13-8-,20-16+. The molecule has 2 aromatic rings. The number of ether oxygens (including phenoxy) is 2. The van der Waals surface area contributed by atoms with Crippen LogP contribution in [0.2, 0.25) is 0 Å². The fourth-order valence-electron chi connectivity index (χ4n) is 3.17. The molecule has 0 saturated heterocycles. The summed E-state index contributed by atoms with van der Waals surface area (Å²) in [5.74, 6) is 0.317. The SMILES string of the molecule is C=C(/C=C\C(=C/N)N(CCc1ccc(C(F)(F)F)cc1)C(=O)C(N)c1ccccc1OC)OC. The van der Waals surface area contributed by atoms with Crippen molar-refractivity contribution in [1.82, 2.24) is 4.90 Å². The summed E-state index contributed by atoms with van der Waals surface area (Å²) in [4.78, 5) is 14.8. The van der Waals surface area contributed by atoms with Gasteiger partial charge in [0.1, 0.15) is 17.6 Å². The smallest absolute Gasteiger partial charge is 0.416 e. The second-order valence-corrected chi connectivity index (χ2v) is 7.25. The lowest BCUT2D eigenvalue weighted by molar-refractivity contribution is -0.137. The van der Waals surface area contributed by atoms with Gasteiger partial charge in [-0.2, -0.15) is 13.2 Å². The minimum atomic E-state index is -4.42. The van der Waals surface area contributed by atoms with Crippen LogP contribution in [0.1, 0.15) is 22.7 Å². The molecule has 0 aromatic heterocycles. The Labute approximate surface area is 196 Å². The predicted molar refractivity (Wildman–Crippen MR) is 124 cm³/mol. The van der Waals surface area contributed by atoms with E-state index in [0.29, 0.717) is 28.3 Å².